The molecule has 0 spiro atoms. The number of aryl methyl sites for hydroxylation is 2. The molecule has 1 aromatic carbocycles. The van der Waals surface area contributed by atoms with E-state index in [0.29, 0.717) is 16.0 Å². The van der Waals surface area contributed by atoms with Crippen molar-refractivity contribution in [3.05, 3.63) is 62.5 Å². The van der Waals surface area contributed by atoms with Crippen molar-refractivity contribution in [3.8, 4) is 0 Å². The van der Waals surface area contributed by atoms with Gasteiger partial charge in [0.25, 0.3) is 5.56 Å². The lowest BCUT2D eigenvalue weighted by molar-refractivity contribution is -0.115. The van der Waals surface area contributed by atoms with Crippen LogP contribution in [0.4, 0.5) is 10.8 Å². The number of hydrogen-bond acceptors (Lipinski definition) is 6. The molecule has 0 fully saturated rings. The molecule has 0 aliphatic rings. The first-order valence-electron chi connectivity index (χ1n) is 9.43. The fourth-order valence-electron chi connectivity index (χ4n) is 2.93. The van der Waals surface area contributed by atoms with Crippen LogP contribution >= 0.6 is 23.1 Å². The number of amides is 1. The van der Waals surface area contributed by atoms with Gasteiger partial charge in [-0.25, -0.2) is 9.97 Å². The monoisotopic (exact) mass is 428 g/mol. The molecule has 0 atom stereocenters. The van der Waals surface area contributed by atoms with E-state index in [9.17, 15) is 9.59 Å². The summed E-state index contributed by atoms with van der Waals surface area (Å²) in [5.41, 5.74) is 4.55. The molecule has 0 aliphatic carbocycles. The van der Waals surface area contributed by atoms with Crippen LogP contribution in [0, 0.1) is 13.8 Å². The van der Waals surface area contributed by atoms with Gasteiger partial charge >= 0.3 is 0 Å². The molecular weight excluding hydrogens is 404 g/mol. The van der Waals surface area contributed by atoms with E-state index in [1.165, 1.54) is 23.1 Å². The van der Waals surface area contributed by atoms with E-state index in [-0.39, 0.29) is 11.5 Å². The first-order valence-corrected chi connectivity index (χ1v) is 11.3. The summed E-state index contributed by atoms with van der Waals surface area (Å²) in [6.45, 7) is 7.65. The van der Waals surface area contributed by atoms with Gasteiger partial charge in [0, 0.05) is 29.8 Å². The summed E-state index contributed by atoms with van der Waals surface area (Å²) in [5.74, 6) is 0.485. The van der Waals surface area contributed by atoms with Crippen molar-refractivity contribution in [1.29, 1.82) is 0 Å². The van der Waals surface area contributed by atoms with E-state index in [2.05, 4.69) is 21.9 Å². The summed E-state index contributed by atoms with van der Waals surface area (Å²) >= 11 is 2.87. The Morgan fingerprint density at radius 1 is 1.24 bits per heavy atom. The molecule has 0 saturated carbocycles. The van der Waals surface area contributed by atoms with Gasteiger partial charge in [-0.15, -0.1) is 11.3 Å². The highest BCUT2D eigenvalue weighted by atomic mass is 32.2. The number of benzene rings is 1. The summed E-state index contributed by atoms with van der Waals surface area (Å²) in [7, 11) is 0. The molecule has 29 heavy (non-hydrogen) atoms. The molecule has 0 aliphatic heterocycles. The summed E-state index contributed by atoms with van der Waals surface area (Å²) < 4.78 is 0. The van der Waals surface area contributed by atoms with E-state index in [4.69, 9.17) is 0 Å². The highest BCUT2D eigenvalue weighted by Crippen LogP contribution is 2.33. The minimum atomic E-state index is -0.136. The van der Waals surface area contributed by atoms with Crippen molar-refractivity contribution in [2.24, 2.45) is 0 Å². The first-order chi connectivity index (χ1) is 13.9. The fourth-order valence-corrected chi connectivity index (χ4v) is 4.70. The number of carbonyl (C=O) groups is 1. The van der Waals surface area contributed by atoms with Crippen LogP contribution in [0.1, 0.15) is 42.8 Å². The Kier molecular flexibility index (Phi) is 6.87. The number of nitrogens with one attached hydrogen (secondary N) is 1. The van der Waals surface area contributed by atoms with Crippen molar-refractivity contribution < 1.29 is 4.79 Å². The molecule has 0 unspecified atom stereocenters. The topological polar surface area (TPSA) is 79.0 Å². The number of thioether (sulfide) groups is 1. The van der Waals surface area contributed by atoms with Gasteiger partial charge in [-0.1, -0.05) is 37.2 Å². The number of rotatable bonds is 7. The standard InChI is InChI=1S/C21H24N4O2S2/c1-5-7-16-10-19(27)24-20(22-16)28-11-17-12-29-21(23-17)25(15(4)26)18-9-6-8-13(2)14(18)3/h6,8-10,12H,5,7,11H2,1-4H3,(H,22,24,27). The molecule has 2 heterocycles. The van der Waals surface area contributed by atoms with E-state index in [1.54, 1.807) is 17.9 Å². The van der Waals surface area contributed by atoms with E-state index in [1.807, 2.05) is 37.4 Å². The molecule has 3 aromatic rings. The third kappa shape index (κ3) is 5.13. The number of hydrogen-bond donors (Lipinski definition) is 1. The average molecular weight is 429 g/mol. The number of aromatic amines is 1. The summed E-state index contributed by atoms with van der Waals surface area (Å²) in [4.78, 5) is 37.8. The van der Waals surface area contributed by atoms with E-state index in [0.717, 1.165) is 41.0 Å². The van der Waals surface area contributed by atoms with Gasteiger partial charge in [-0.3, -0.25) is 14.5 Å². The average Bonchev–Trinajstić information content (AvgIpc) is 3.12. The second-order valence-electron chi connectivity index (χ2n) is 6.78. The van der Waals surface area contributed by atoms with Gasteiger partial charge < -0.3 is 4.98 Å². The maximum atomic E-state index is 12.4. The third-order valence-electron chi connectivity index (χ3n) is 4.50. The van der Waals surface area contributed by atoms with Crippen LogP contribution in [0.3, 0.4) is 0 Å². The van der Waals surface area contributed by atoms with Crippen molar-refractivity contribution in [2.45, 2.75) is 51.4 Å². The number of anilines is 2. The Morgan fingerprint density at radius 2 is 2.03 bits per heavy atom. The highest BCUT2D eigenvalue weighted by Gasteiger charge is 2.20. The Labute approximate surface area is 178 Å². The maximum Gasteiger partial charge on any atom is 0.251 e. The van der Waals surface area contributed by atoms with Crippen LogP contribution in [0.5, 0.6) is 0 Å². The Hall–Kier alpha value is -2.45. The predicted molar refractivity (Wildman–Crippen MR) is 119 cm³/mol. The number of aromatic nitrogens is 3. The van der Waals surface area contributed by atoms with Crippen LogP contribution in [0.15, 0.2) is 39.6 Å². The number of thiazole rings is 1. The molecular formula is C21H24N4O2S2. The minimum absolute atomic E-state index is 0.0782. The molecule has 0 saturated heterocycles. The van der Waals surface area contributed by atoms with Gasteiger partial charge in [0.1, 0.15) is 0 Å². The lowest BCUT2D eigenvalue weighted by Crippen LogP contribution is -2.23. The number of nitrogens with zero attached hydrogens (tertiary/aromatic N) is 3. The second kappa shape index (κ2) is 9.37. The Balaban J connectivity index is 1.80. The quantitative estimate of drug-likeness (QED) is 0.433. The van der Waals surface area contributed by atoms with Crippen molar-refractivity contribution in [1.82, 2.24) is 15.0 Å². The number of H-pyrrole nitrogens is 1. The molecule has 0 bridgehead atoms. The molecule has 3 rings (SSSR count). The zero-order chi connectivity index (χ0) is 21.0. The molecule has 1 amide bonds. The molecule has 6 nitrogen and oxygen atoms in total. The van der Waals surface area contributed by atoms with Crippen molar-refractivity contribution in [2.75, 3.05) is 4.90 Å². The molecule has 1 N–H and O–H groups in total. The lowest BCUT2D eigenvalue weighted by atomic mass is 10.1. The van der Waals surface area contributed by atoms with Crippen LogP contribution in [-0.4, -0.2) is 20.9 Å². The molecule has 2 aromatic heterocycles. The van der Waals surface area contributed by atoms with E-state index < -0.39 is 0 Å². The van der Waals surface area contributed by atoms with Crippen LogP contribution in [0.2, 0.25) is 0 Å². The summed E-state index contributed by atoms with van der Waals surface area (Å²) in [6, 6.07) is 7.46. The van der Waals surface area contributed by atoms with Gasteiger partial charge in [-0.05, 0) is 37.5 Å². The summed E-state index contributed by atoms with van der Waals surface area (Å²) in [5, 5.41) is 3.17. The van der Waals surface area contributed by atoms with Gasteiger partial charge in [0.2, 0.25) is 5.91 Å². The van der Waals surface area contributed by atoms with Crippen LogP contribution in [0.25, 0.3) is 0 Å². The Bertz CT molecular complexity index is 1070. The normalized spacial score (nSPS) is 10.9. The largest absolute Gasteiger partial charge is 0.301 e. The lowest BCUT2D eigenvalue weighted by Gasteiger charge is -2.21. The van der Waals surface area contributed by atoms with Crippen molar-refractivity contribution >= 4 is 39.8 Å². The fraction of sp³-hybridized carbons (Fsp3) is 0.333. The smallest absolute Gasteiger partial charge is 0.251 e. The molecule has 8 heteroatoms. The molecule has 152 valence electrons. The van der Waals surface area contributed by atoms with Gasteiger partial charge in [0.05, 0.1) is 11.4 Å². The van der Waals surface area contributed by atoms with Crippen LogP contribution in [-0.2, 0) is 17.0 Å². The maximum absolute atomic E-state index is 12.4. The predicted octanol–water partition coefficient (Wildman–Crippen LogP) is 4.77. The zero-order valence-corrected chi connectivity index (χ0v) is 18.6. The van der Waals surface area contributed by atoms with Crippen molar-refractivity contribution in [3.63, 3.8) is 0 Å². The van der Waals surface area contributed by atoms with Crippen LogP contribution < -0.4 is 10.5 Å². The summed E-state index contributed by atoms with van der Waals surface area (Å²) in [6.07, 6.45) is 1.72. The van der Waals surface area contributed by atoms with Gasteiger partial charge in [-0.2, -0.15) is 0 Å². The first kappa shape index (κ1) is 21.3. The second-order valence-corrected chi connectivity index (χ2v) is 8.58. The number of carbonyl (C=O) groups excluding carboxylic acids is 1. The Morgan fingerprint density at radius 3 is 2.76 bits per heavy atom. The van der Waals surface area contributed by atoms with E-state index >= 15 is 0 Å². The van der Waals surface area contributed by atoms with Gasteiger partial charge in [0.15, 0.2) is 10.3 Å². The third-order valence-corrected chi connectivity index (χ3v) is 6.28. The SMILES string of the molecule is CCCc1cc(=O)[nH]c(SCc2csc(N(C(C)=O)c3cccc(C)c3C)n2)n1. The minimum Gasteiger partial charge on any atom is -0.301 e. The molecule has 0 radical (unpaired) electrons. The zero-order valence-electron chi connectivity index (χ0n) is 17.0. The highest BCUT2D eigenvalue weighted by molar-refractivity contribution is 7.98.